The van der Waals surface area contributed by atoms with Gasteiger partial charge in [0.25, 0.3) is 0 Å². The Morgan fingerprint density at radius 3 is 2.33 bits per heavy atom. The van der Waals surface area contributed by atoms with Gasteiger partial charge in [0, 0.05) is 19.3 Å². The Morgan fingerprint density at radius 1 is 1.06 bits per heavy atom. The lowest BCUT2D eigenvalue weighted by Crippen LogP contribution is -2.05. The monoisotopic (exact) mass is 254 g/mol. The van der Waals surface area contributed by atoms with E-state index in [1.165, 1.54) is 0 Å². The van der Waals surface area contributed by atoms with E-state index in [2.05, 4.69) is 0 Å². The zero-order valence-electron chi connectivity index (χ0n) is 10.7. The third-order valence-electron chi connectivity index (χ3n) is 2.13. The Balaban J connectivity index is 2.65. The molecule has 0 amide bonds. The second kappa shape index (κ2) is 8.49. The average molecular weight is 254 g/mol. The molecule has 1 aromatic carbocycles. The highest BCUT2D eigenvalue weighted by Gasteiger charge is 2.05. The minimum atomic E-state index is 0.103. The summed E-state index contributed by atoms with van der Waals surface area (Å²) in [6.07, 6.45) is 0.730. The molecular formula is C13H18O5. The molecule has 0 fully saturated rings. The van der Waals surface area contributed by atoms with E-state index in [1.807, 2.05) is 13.8 Å². The number of carbonyl (C=O) groups is 1. The normalized spacial score (nSPS) is 10.1. The number of aldehydes is 1. The standard InChI is InChI=1S/C13H18O5/c1-3-15-9-17-12-6-5-11(8-14)13(7-12)18-10-16-4-2/h5-8H,3-4,9-10H2,1-2H3. The van der Waals surface area contributed by atoms with Crippen LogP contribution in [0.15, 0.2) is 18.2 Å². The third kappa shape index (κ3) is 4.73. The number of benzene rings is 1. The van der Waals surface area contributed by atoms with Gasteiger partial charge >= 0.3 is 0 Å². The molecule has 1 rings (SSSR count). The predicted octanol–water partition coefficient (Wildman–Crippen LogP) is 2.24. The van der Waals surface area contributed by atoms with E-state index in [0.717, 1.165) is 6.29 Å². The van der Waals surface area contributed by atoms with E-state index in [4.69, 9.17) is 18.9 Å². The molecule has 0 unspecified atom stereocenters. The smallest absolute Gasteiger partial charge is 0.189 e. The van der Waals surface area contributed by atoms with Gasteiger partial charge in [0.1, 0.15) is 11.5 Å². The molecular weight excluding hydrogens is 236 g/mol. The maximum Gasteiger partial charge on any atom is 0.189 e. The topological polar surface area (TPSA) is 54.0 Å². The summed E-state index contributed by atoms with van der Waals surface area (Å²) in [7, 11) is 0. The Kier molecular flexibility index (Phi) is 6.83. The van der Waals surface area contributed by atoms with Gasteiger partial charge in [-0.2, -0.15) is 0 Å². The molecule has 0 aliphatic heterocycles. The molecule has 0 saturated carbocycles. The fourth-order valence-electron chi connectivity index (χ4n) is 1.21. The van der Waals surface area contributed by atoms with Gasteiger partial charge in [-0.15, -0.1) is 0 Å². The summed E-state index contributed by atoms with van der Waals surface area (Å²) in [5, 5.41) is 0. The first-order chi connectivity index (χ1) is 8.81. The summed E-state index contributed by atoms with van der Waals surface area (Å²) >= 11 is 0. The van der Waals surface area contributed by atoms with Gasteiger partial charge in [-0.25, -0.2) is 0 Å². The second-order valence-corrected chi connectivity index (χ2v) is 3.33. The van der Waals surface area contributed by atoms with Crippen LogP contribution >= 0.6 is 0 Å². The van der Waals surface area contributed by atoms with Crippen molar-refractivity contribution in [1.29, 1.82) is 0 Å². The van der Waals surface area contributed by atoms with Gasteiger partial charge in [0.15, 0.2) is 19.9 Å². The van der Waals surface area contributed by atoms with Crippen molar-refractivity contribution >= 4 is 6.29 Å². The van der Waals surface area contributed by atoms with Crippen molar-refractivity contribution in [3.05, 3.63) is 23.8 Å². The molecule has 5 nitrogen and oxygen atoms in total. The SMILES string of the molecule is CCOCOc1ccc(C=O)c(OCOCC)c1. The van der Waals surface area contributed by atoms with Gasteiger partial charge in [-0.05, 0) is 26.0 Å². The summed E-state index contributed by atoms with van der Waals surface area (Å²) in [6, 6.07) is 4.97. The van der Waals surface area contributed by atoms with Crippen molar-refractivity contribution in [3.63, 3.8) is 0 Å². The molecule has 5 heteroatoms. The summed E-state index contributed by atoms with van der Waals surface area (Å²) in [4.78, 5) is 10.8. The molecule has 0 radical (unpaired) electrons. The number of ether oxygens (including phenoxy) is 4. The predicted molar refractivity (Wildman–Crippen MR) is 66.1 cm³/mol. The van der Waals surface area contributed by atoms with E-state index in [0.29, 0.717) is 30.3 Å². The zero-order chi connectivity index (χ0) is 13.2. The average Bonchev–Trinajstić information content (AvgIpc) is 2.40. The largest absolute Gasteiger partial charge is 0.467 e. The molecule has 0 N–H and O–H groups in total. The number of rotatable bonds is 9. The lowest BCUT2D eigenvalue weighted by atomic mass is 10.2. The minimum absolute atomic E-state index is 0.103. The molecule has 0 heterocycles. The fourth-order valence-corrected chi connectivity index (χ4v) is 1.21. The van der Waals surface area contributed by atoms with Crippen LogP contribution in [-0.4, -0.2) is 33.1 Å². The number of hydrogen-bond donors (Lipinski definition) is 0. The summed E-state index contributed by atoms with van der Waals surface area (Å²) < 4.78 is 20.8. The van der Waals surface area contributed by atoms with Gasteiger partial charge < -0.3 is 18.9 Å². The highest BCUT2D eigenvalue weighted by atomic mass is 16.7. The summed E-state index contributed by atoms with van der Waals surface area (Å²) in [5.74, 6) is 1.02. The van der Waals surface area contributed by atoms with Crippen LogP contribution in [-0.2, 0) is 9.47 Å². The Bertz CT molecular complexity index is 364. The van der Waals surface area contributed by atoms with E-state index in [-0.39, 0.29) is 13.6 Å². The molecule has 1 aromatic rings. The highest BCUT2D eigenvalue weighted by molar-refractivity contribution is 5.79. The van der Waals surface area contributed by atoms with Crippen LogP contribution in [0.2, 0.25) is 0 Å². The van der Waals surface area contributed by atoms with Gasteiger partial charge in [0.2, 0.25) is 0 Å². The first-order valence-corrected chi connectivity index (χ1v) is 5.82. The zero-order valence-corrected chi connectivity index (χ0v) is 10.7. The molecule has 18 heavy (non-hydrogen) atoms. The molecule has 0 aliphatic rings. The van der Waals surface area contributed by atoms with E-state index in [1.54, 1.807) is 18.2 Å². The van der Waals surface area contributed by atoms with E-state index in [9.17, 15) is 4.79 Å². The van der Waals surface area contributed by atoms with Crippen molar-refractivity contribution in [2.75, 3.05) is 26.8 Å². The van der Waals surface area contributed by atoms with Crippen molar-refractivity contribution in [1.82, 2.24) is 0 Å². The molecule has 0 saturated heterocycles. The number of hydrogen-bond acceptors (Lipinski definition) is 5. The van der Waals surface area contributed by atoms with Crippen molar-refractivity contribution < 1.29 is 23.7 Å². The quantitative estimate of drug-likeness (QED) is 0.384. The first kappa shape index (κ1) is 14.5. The molecule has 100 valence electrons. The van der Waals surface area contributed by atoms with Crippen LogP contribution in [0.5, 0.6) is 11.5 Å². The Labute approximate surface area is 107 Å². The van der Waals surface area contributed by atoms with Crippen LogP contribution in [0.25, 0.3) is 0 Å². The first-order valence-electron chi connectivity index (χ1n) is 5.82. The second-order valence-electron chi connectivity index (χ2n) is 3.33. The van der Waals surface area contributed by atoms with Crippen LogP contribution in [0.3, 0.4) is 0 Å². The lowest BCUT2D eigenvalue weighted by molar-refractivity contribution is 0.0180. The van der Waals surface area contributed by atoms with Crippen molar-refractivity contribution in [2.45, 2.75) is 13.8 Å². The minimum Gasteiger partial charge on any atom is -0.467 e. The fraction of sp³-hybridized carbons (Fsp3) is 0.462. The van der Waals surface area contributed by atoms with Crippen LogP contribution in [0, 0.1) is 0 Å². The van der Waals surface area contributed by atoms with E-state index >= 15 is 0 Å². The van der Waals surface area contributed by atoms with E-state index < -0.39 is 0 Å². The summed E-state index contributed by atoms with van der Waals surface area (Å²) in [5.41, 5.74) is 0.457. The maximum atomic E-state index is 10.8. The summed E-state index contributed by atoms with van der Waals surface area (Å²) in [6.45, 7) is 5.16. The lowest BCUT2D eigenvalue weighted by Gasteiger charge is -2.11. The van der Waals surface area contributed by atoms with Crippen molar-refractivity contribution in [3.8, 4) is 11.5 Å². The molecule has 0 aliphatic carbocycles. The maximum absolute atomic E-state index is 10.8. The molecule has 0 aromatic heterocycles. The van der Waals surface area contributed by atoms with Crippen LogP contribution < -0.4 is 9.47 Å². The molecule has 0 bridgehead atoms. The van der Waals surface area contributed by atoms with Gasteiger partial charge in [-0.3, -0.25) is 4.79 Å². The van der Waals surface area contributed by atoms with Gasteiger partial charge in [0.05, 0.1) is 5.56 Å². The highest BCUT2D eigenvalue weighted by Crippen LogP contribution is 2.23. The Morgan fingerprint density at radius 2 is 1.72 bits per heavy atom. The molecule has 0 atom stereocenters. The van der Waals surface area contributed by atoms with Crippen LogP contribution in [0.4, 0.5) is 0 Å². The Hall–Kier alpha value is -1.59. The third-order valence-corrected chi connectivity index (χ3v) is 2.13. The van der Waals surface area contributed by atoms with Crippen LogP contribution in [0.1, 0.15) is 24.2 Å². The molecule has 0 spiro atoms. The van der Waals surface area contributed by atoms with Gasteiger partial charge in [-0.1, -0.05) is 0 Å². The van der Waals surface area contributed by atoms with Crippen molar-refractivity contribution in [2.24, 2.45) is 0 Å². The number of carbonyl (C=O) groups excluding carboxylic acids is 1.